The van der Waals surface area contributed by atoms with E-state index in [9.17, 15) is 0 Å². The lowest BCUT2D eigenvalue weighted by molar-refractivity contribution is 0.123. The van der Waals surface area contributed by atoms with Crippen molar-refractivity contribution in [3.63, 3.8) is 0 Å². The summed E-state index contributed by atoms with van der Waals surface area (Å²) in [6.45, 7) is 3.66. The molecule has 0 bridgehead atoms. The third-order valence-corrected chi connectivity index (χ3v) is 2.43. The van der Waals surface area contributed by atoms with Crippen molar-refractivity contribution < 1.29 is 4.74 Å². The maximum Gasteiger partial charge on any atom is 0.184 e. The quantitative estimate of drug-likeness (QED) is 0.787. The van der Waals surface area contributed by atoms with E-state index in [0.29, 0.717) is 0 Å². The van der Waals surface area contributed by atoms with Crippen LogP contribution in [0.3, 0.4) is 0 Å². The molecule has 1 aliphatic heterocycles. The SMILES string of the molecule is Cc1cc(Cl)ccc1NC1NCCO1. The molecule has 1 fully saturated rings. The summed E-state index contributed by atoms with van der Waals surface area (Å²) in [5.74, 6) is 0. The summed E-state index contributed by atoms with van der Waals surface area (Å²) >= 11 is 5.86. The number of ether oxygens (including phenoxy) is 1. The van der Waals surface area contributed by atoms with Crippen LogP contribution >= 0.6 is 11.6 Å². The van der Waals surface area contributed by atoms with Crippen LogP contribution < -0.4 is 10.6 Å². The Hall–Kier alpha value is -0.770. The van der Waals surface area contributed by atoms with E-state index >= 15 is 0 Å². The van der Waals surface area contributed by atoms with Gasteiger partial charge in [-0.2, -0.15) is 0 Å². The third-order valence-electron chi connectivity index (χ3n) is 2.19. The fourth-order valence-electron chi connectivity index (χ4n) is 1.45. The summed E-state index contributed by atoms with van der Waals surface area (Å²) in [5, 5.41) is 7.18. The van der Waals surface area contributed by atoms with Gasteiger partial charge in [-0.1, -0.05) is 11.6 Å². The van der Waals surface area contributed by atoms with Gasteiger partial charge < -0.3 is 10.1 Å². The molecule has 1 heterocycles. The molecule has 1 saturated heterocycles. The van der Waals surface area contributed by atoms with Gasteiger partial charge >= 0.3 is 0 Å². The second kappa shape index (κ2) is 4.17. The van der Waals surface area contributed by atoms with Gasteiger partial charge in [0.25, 0.3) is 0 Å². The number of rotatable bonds is 2. The number of anilines is 1. The van der Waals surface area contributed by atoms with Crippen LogP contribution in [-0.2, 0) is 4.74 Å². The molecule has 0 radical (unpaired) electrons. The van der Waals surface area contributed by atoms with E-state index in [1.165, 1.54) is 0 Å². The predicted molar refractivity (Wildman–Crippen MR) is 57.6 cm³/mol. The molecule has 0 aromatic heterocycles. The summed E-state index contributed by atoms with van der Waals surface area (Å²) < 4.78 is 5.39. The Balaban J connectivity index is 2.08. The van der Waals surface area contributed by atoms with Crippen LogP contribution in [0.25, 0.3) is 0 Å². The van der Waals surface area contributed by atoms with Crippen LogP contribution in [0.1, 0.15) is 5.56 Å². The largest absolute Gasteiger partial charge is 0.347 e. The van der Waals surface area contributed by atoms with Crippen LogP contribution in [-0.4, -0.2) is 19.5 Å². The van der Waals surface area contributed by atoms with Gasteiger partial charge in [-0.05, 0) is 30.7 Å². The van der Waals surface area contributed by atoms with Gasteiger partial charge in [0.2, 0.25) is 0 Å². The lowest BCUT2D eigenvalue weighted by Gasteiger charge is -2.15. The zero-order valence-electron chi connectivity index (χ0n) is 8.01. The minimum absolute atomic E-state index is 0.0742. The van der Waals surface area contributed by atoms with Crippen molar-refractivity contribution in [2.75, 3.05) is 18.5 Å². The highest BCUT2D eigenvalue weighted by atomic mass is 35.5. The molecular weight excluding hydrogens is 200 g/mol. The second-order valence-electron chi connectivity index (χ2n) is 3.31. The Bertz CT molecular complexity index is 324. The molecule has 2 rings (SSSR count). The lowest BCUT2D eigenvalue weighted by atomic mass is 10.2. The van der Waals surface area contributed by atoms with E-state index in [2.05, 4.69) is 10.6 Å². The molecular formula is C10H13ClN2O. The normalized spacial score (nSPS) is 21.1. The number of benzene rings is 1. The van der Waals surface area contributed by atoms with Gasteiger partial charge in [-0.15, -0.1) is 0 Å². The molecule has 0 saturated carbocycles. The molecule has 0 spiro atoms. The smallest absolute Gasteiger partial charge is 0.184 e. The average molecular weight is 213 g/mol. The number of hydrogen-bond donors (Lipinski definition) is 2. The first kappa shape index (κ1) is 9.77. The van der Waals surface area contributed by atoms with Crippen molar-refractivity contribution in [2.24, 2.45) is 0 Å². The molecule has 1 aromatic carbocycles. The molecule has 3 nitrogen and oxygen atoms in total. The Morgan fingerprint density at radius 1 is 1.57 bits per heavy atom. The van der Waals surface area contributed by atoms with Crippen LogP contribution in [0, 0.1) is 6.92 Å². The Morgan fingerprint density at radius 3 is 3.07 bits per heavy atom. The number of nitrogens with one attached hydrogen (secondary N) is 2. The Labute approximate surface area is 88.4 Å². The molecule has 76 valence electrons. The van der Waals surface area contributed by atoms with E-state index in [-0.39, 0.29) is 6.35 Å². The van der Waals surface area contributed by atoms with E-state index < -0.39 is 0 Å². The number of hydrogen-bond acceptors (Lipinski definition) is 3. The molecule has 1 atom stereocenters. The molecule has 0 amide bonds. The van der Waals surface area contributed by atoms with Gasteiger partial charge in [0.1, 0.15) is 0 Å². The van der Waals surface area contributed by atoms with Gasteiger partial charge in [0.15, 0.2) is 6.35 Å². The zero-order valence-corrected chi connectivity index (χ0v) is 8.77. The highest BCUT2D eigenvalue weighted by molar-refractivity contribution is 6.30. The second-order valence-corrected chi connectivity index (χ2v) is 3.74. The molecule has 1 aliphatic rings. The van der Waals surface area contributed by atoms with Gasteiger partial charge in [-0.3, -0.25) is 5.32 Å². The zero-order chi connectivity index (χ0) is 9.97. The first-order valence-corrected chi connectivity index (χ1v) is 5.01. The maximum absolute atomic E-state index is 5.86. The van der Waals surface area contributed by atoms with Crippen LogP contribution in [0.2, 0.25) is 5.02 Å². The third kappa shape index (κ3) is 2.18. The molecule has 1 unspecified atom stereocenters. The van der Waals surface area contributed by atoms with Crippen molar-refractivity contribution in [3.8, 4) is 0 Å². The summed E-state index contributed by atoms with van der Waals surface area (Å²) in [7, 11) is 0. The van der Waals surface area contributed by atoms with E-state index in [4.69, 9.17) is 16.3 Å². The van der Waals surface area contributed by atoms with Crippen molar-refractivity contribution in [3.05, 3.63) is 28.8 Å². The first-order chi connectivity index (χ1) is 6.75. The standard InChI is InChI=1S/C10H13ClN2O/c1-7-6-8(11)2-3-9(7)13-10-12-4-5-14-10/h2-3,6,10,12-13H,4-5H2,1H3. The summed E-state index contributed by atoms with van der Waals surface area (Å²) in [6.07, 6.45) is -0.0742. The highest BCUT2D eigenvalue weighted by Gasteiger charge is 2.14. The fourth-order valence-corrected chi connectivity index (χ4v) is 1.68. The minimum Gasteiger partial charge on any atom is -0.347 e. The number of halogens is 1. The lowest BCUT2D eigenvalue weighted by Crippen LogP contribution is -2.31. The first-order valence-electron chi connectivity index (χ1n) is 4.63. The van der Waals surface area contributed by atoms with Gasteiger partial charge in [-0.25, -0.2) is 0 Å². The maximum atomic E-state index is 5.86. The van der Waals surface area contributed by atoms with Crippen LogP contribution in [0.5, 0.6) is 0 Å². The van der Waals surface area contributed by atoms with E-state index in [0.717, 1.165) is 29.4 Å². The van der Waals surface area contributed by atoms with Crippen molar-refractivity contribution in [1.29, 1.82) is 0 Å². The topological polar surface area (TPSA) is 33.3 Å². The van der Waals surface area contributed by atoms with Crippen molar-refractivity contribution in [1.82, 2.24) is 5.32 Å². The minimum atomic E-state index is -0.0742. The molecule has 14 heavy (non-hydrogen) atoms. The molecule has 0 aliphatic carbocycles. The van der Waals surface area contributed by atoms with Crippen LogP contribution in [0.4, 0.5) is 5.69 Å². The average Bonchev–Trinajstić information content (AvgIpc) is 2.62. The summed E-state index contributed by atoms with van der Waals surface area (Å²) in [4.78, 5) is 0. The Kier molecular flexibility index (Phi) is 2.91. The summed E-state index contributed by atoms with van der Waals surface area (Å²) in [6, 6.07) is 5.76. The fraction of sp³-hybridized carbons (Fsp3) is 0.400. The molecule has 2 N–H and O–H groups in total. The molecule has 4 heteroatoms. The van der Waals surface area contributed by atoms with Crippen LogP contribution in [0.15, 0.2) is 18.2 Å². The van der Waals surface area contributed by atoms with Gasteiger partial charge in [0, 0.05) is 17.3 Å². The van der Waals surface area contributed by atoms with Crippen molar-refractivity contribution >= 4 is 17.3 Å². The monoisotopic (exact) mass is 212 g/mol. The van der Waals surface area contributed by atoms with E-state index in [1.54, 1.807) is 0 Å². The summed E-state index contributed by atoms with van der Waals surface area (Å²) in [5.41, 5.74) is 2.17. The van der Waals surface area contributed by atoms with E-state index in [1.807, 2.05) is 25.1 Å². The number of aryl methyl sites for hydroxylation is 1. The predicted octanol–water partition coefficient (Wildman–Crippen LogP) is 1.96. The Morgan fingerprint density at radius 2 is 2.43 bits per heavy atom. The molecule has 1 aromatic rings. The highest BCUT2D eigenvalue weighted by Crippen LogP contribution is 2.20. The van der Waals surface area contributed by atoms with Crippen molar-refractivity contribution in [2.45, 2.75) is 13.3 Å². The van der Waals surface area contributed by atoms with Gasteiger partial charge in [0.05, 0.1) is 6.61 Å².